The third-order valence-electron chi connectivity index (χ3n) is 2.58. The SMILES string of the molecule is CC(CN)C(=O)N(C)CCc1ccccn1. The van der Waals surface area contributed by atoms with Gasteiger partial charge in [-0.2, -0.15) is 0 Å². The molecule has 0 saturated heterocycles. The summed E-state index contributed by atoms with van der Waals surface area (Å²) in [7, 11) is 1.80. The van der Waals surface area contributed by atoms with E-state index < -0.39 is 0 Å². The second kappa shape index (κ2) is 6.23. The van der Waals surface area contributed by atoms with E-state index in [1.54, 1.807) is 18.1 Å². The molecule has 1 unspecified atom stereocenters. The fourth-order valence-electron chi connectivity index (χ4n) is 1.42. The van der Waals surface area contributed by atoms with Gasteiger partial charge in [-0.15, -0.1) is 0 Å². The van der Waals surface area contributed by atoms with Crippen molar-refractivity contribution >= 4 is 5.91 Å². The number of carbonyl (C=O) groups is 1. The van der Waals surface area contributed by atoms with E-state index in [1.165, 1.54) is 0 Å². The zero-order valence-electron chi connectivity index (χ0n) is 9.89. The maximum absolute atomic E-state index is 11.7. The molecule has 0 bridgehead atoms. The molecule has 1 aromatic heterocycles. The molecule has 1 aromatic rings. The van der Waals surface area contributed by atoms with Crippen LogP contribution in [0, 0.1) is 5.92 Å². The lowest BCUT2D eigenvalue weighted by molar-refractivity contribution is -0.133. The van der Waals surface area contributed by atoms with Gasteiger partial charge in [-0.05, 0) is 12.1 Å². The van der Waals surface area contributed by atoms with Gasteiger partial charge in [-0.3, -0.25) is 9.78 Å². The molecule has 0 fully saturated rings. The summed E-state index contributed by atoms with van der Waals surface area (Å²) < 4.78 is 0. The average molecular weight is 221 g/mol. The Hall–Kier alpha value is -1.42. The van der Waals surface area contributed by atoms with Crippen LogP contribution in [-0.2, 0) is 11.2 Å². The van der Waals surface area contributed by atoms with E-state index in [4.69, 9.17) is 5.73 Å². The molecule has 0 aliphatic rings. The van der Waals surface area contributed by atoms with Crippen LogP contribution in [0.15, 0.2) is 24.4 Å². The van der Waals surface area contributed by atoms with Gasteiger partial charge < -0.3 is 10.6 Å². The van der Waals surface area contributed by atoms with E-state index in [0.29, 0.717) is 13.1 Å². The predicted molar refractivity (Wildman–Crippen MR) is 63.8 cm³/mol. The minimum absolute atomic E-state index is 0.0958. The summed E-state index contributed by atoms with van der Waals surface area (Å²) in [6.45, 7) is 2.92. The Labute approximate surface area is 96.5 Å². The van der Waals surface area contributed by atoms with Crippen molar-refractivity contribution < 1.29 is 4.79 Å². The number of aromatic nitrogens is 1. The van der Waals surface area contributed by atoms with Gasteiger partial charge in [-0.25, -0.2) is 0 Å². The van der Waals surface area contributed by atoms with Gasteiger partial charge >= 0.3 is 0 Å². The summed E-state index contributed by atoms with van der Waals surface area (Å²) in [6, 6.07) is 5.80. The van der Waals surface area contributed by atoms with Crippen molar-refractivity contribution in [2.45, 2.75) is 13.3 Å². The Morgan fingerprint density at radius 3 is 2.88 bits per heavy atom. The molecule has 0 radical (unpaired) electrons. The third-order valence-corrected chi connectivity index (χ3v) is 2.58. The van der Waals surface area contributed by atoms with Crippen molar-refractivity contribution in [1.82, 2.24) is 9.88 Å². The molecule has 16 heavy (non-hydrogen) atoms. The minimum atomic E-state index is -0.103. The summed E-state index contributed by atoms with van der Waals surface area (Å²) in [4.78, 5) is 17.6. The van der Waals surface area contributed by atoms with Crippen LogP contribution >= 0.6 is 0 Å². The Bertz CT molecular complexity index is 326. The number of carbonyl (C=O) groups excluding carboxylic acids is 1. The second-order valence-electron chi connectivity index (χ2n) is 3.97. The number of rotatable bonds is 5. The quantitative estimate of drug-likeness (QED) is 0.795. The van der Waals surface area contributed by atoms with Crippen LogP contribution in [0.25, 0.3) is 0 Å². The lowest BCUT2D eigenvalue weighted by Crippen LogP contribution is -2.36. The molecule has 4 nitrogen and oxygen atoms in total. The number of amides is 1. The highest BCUT2D eigenvalue weighted by molar-refractivity contribution is 5.78. The van der Waals surface area contributed by atoms with E-state index in [9.17, 15) is 4.79 Å². The van der Waals surface area contributed by atoms with Crippen LogP contribution in [0.5, 0.6) is 0 Å². The van der Waals surface area contributed by atoms with Crippen LogP contribution in [-0.4, -0.2) is 35.9 Å². The van der Waals surface area contributed by atoms with Crippen molar-refractivity contribution in [2.75, 3.05) is 20.1 Å². The highest BCUT2D eigenvalue weighted by atomic mass is 16.2. The normalized spacial score (nSPS) is 12.2. The average Bonchev–Trinajstić information content (AvgIpc) is 2.35. The number of pyridine rings is 1. The molecule has 2 N–H and O–H groups in total. The van der Waals surface area contributed by atoms with E-state index in [-0.39, 0.29) is 11.8 Å². The standard InChI is InChI=1S/C12H19N3O/c1-10(9-13)12(16)15(2)8-6-11-5-3-4-7-14-11/h3-5,7,10H,6,8-9,13H2,1-2H3. The van der Waals surface area contributed by atoms with Gasteiger partial charge in [0.05, 0.1) is 0 Å². The summed E-state index contributed by atoms with van der Waals surface area (Å²) in [5.74, 6) is -0.00726. The van der Waals surface area contributed by atoms with Crippen molar-refractivity contribution in [3.63, 3.8) is 0 Å². The van der Waals surface area contributed by atoms with Gasteiger partial charge in [0.25, 0.3) is 0 Å². The molecule has 1 amide bonds. The molecule has 88 valence electrons. The van der Waals surface area contributed by atoms with Crippen LogP contribution in [0.1, 0.15) is 12.6 Å². The number of nitrogens with two attached hydrogens (primary N) is 1. The van der Waals surface area contributed by atoms with Gasteiger partial charge in [0.2, 0.25) is 5.91 Å². The molecule has 0 aliphatic heterocycles. The highest BCUT2D eigenvalue weighted by Gasteiger charge is 2.15. The van der Waals surface area contributed by atoms with Crippen LogP contribution in [0.3, 0.4) is 0 Å². The third kappa shape index (κ3) is 3.62. The van der Waals surface area contributed by atoms with Crippen molar-refractivity contribution in [2.24, 2.45) is 11.7 Å². The van der Waals surface area contributed by atoms with E-state index in [2.05, 4.69) is 4.98 Å². The minimum Gasteiger partial charge on any atom is -0.345 e. The van der Waals surface area contributed by atoms with Crippen molar-refractivity contribution in [3.8, 4) is 0 Å². The van der Waals surface area contributed by atoms with Crippen LogP contribution in [0.4, 0.5) is 0 Å². The van der Waals surface area contributed by atoms with Gasteiger partial charge in [0.1, 0.15) is 0 Å². The summed E-state index contributed by atoms with van der Waals surface area (Å²) in [6.07, 6.45) is 2.54. The summed E-state index contributed by atoms with van der Waals surface area (Å²) in [5.41, 5.74) is 6.46. The Kier molecular flexibility index (Phi) is 4.92. The largest absolute Gasteiger partial charge is 0.345 e. The number of hydrogen-bond donors (Lipinski definition) is 1. The topological polar surface area (TPSA) is 59.2 Å². The Morgan fingerprint density at radius 1 is 1.56 bits per heavy atom. The lowest BCUT2D eigenvalue weighted by Gasteiger charge is -2.20. The van der Waals surface area contributed by atoms with Gasteiger partial charge in [0.15, 0.2) is 0 Å². The first kappa shape index (κ1) is 12.6. The molecule has 0 spiro atoms. The summed E-state index contributed by atoms with van der Waals surface area (Å²) in [5, 5.41) is 0. The maximum Gasteiger partial charge on any atom is 0.226 e. The zero-order chi connectivity index (χ0) is 12.0. The monoisotopic (exact) mass is 221 g/mol. The van der Waals surface area contributed by atoms with Gasteiger partial charge in [0, 0.05) is 44.4 Å². The highest BCUT2D eigenvalue weighted by Crippen LogP contribution is 2.01. The first-order valence-corrected chi connectivity index (χ1v) is 5.50. The molecule has 1 rings (SSSR count). The molecule has 0 aromatic carbocycles. The second-order valence-corrected chi connectivity index (χ2v) is 3.97. The molecule has 0 aliphatic carbocycles. The first-order valence-electron chi connectivity index (χ1n) is 5.50. The fraction of sp³-hybridized carbons (Fsp3) is 0.500. The molecule has 4 heteroatoms. The molecular formula is C12H19N3O. The van der Waals surface area contributed by atoms with E-state index in [0.717, 1.165) is 12.1 Å². The van der Waals surface area contributed by atoms with Crippen molar-refractivity contribution in [3.05, 3.63) is 30.1 Å². The molecule has 1 heterocycles. The molecule has 0 saturated carbocycles. The smallest absolute Gasteiger partial charge is 0.226 e. The first-order chi connectivity index (χ1) is 7.65. The number of nitrogens with zero attached hydrogens (tertiary/aromatic N) is 2. The number of hydrogen-bond acceptors (Lipinski definition) is 3. The van der Waals surface area contributed by atoms with E-state index in [1.807, 2.05) is 25.1 Å². The van der Waals surface area contributed by atoms with Crippen LogP contribution in [0.2, 0.25) is 0 Å². The zero-order valence-corrected chi connectivity index (χ0v) is 9.89. The number of likely N-dealkylation sites (N-methyl/N-ethyl adjacent to an activating group) is 1. The molecular weight excluding hydrogens is 202 g/mol. The summed E-state index contributed by atoms with van der Waals surface area (Å²) >= 11 is 0. The Morgan fingerprint density at radius 2 is 2.31 bits per heavy atom. The van der Waals surface area contributed by atoms with Gasteiger partial charge in [-0.1, -0.05) is 13.0 Å². The molecule has 1 atom stereocenters. The maximum atomic E-state index is 11.7. The van der Waals surface area contributed by atoms with E-state index >= 15 is 0 Å². The van der Waals surface area contributed by atoms with Crippen LogP contribution < -0.4 is 5.73 Å². The fourth-order valence-corrected chi connectivity index (χ4v) is 1.42. The lowest BCUT2D eigenvalue weighted by atomic mass is 10.1. The Balaban J connectivity index is 2.41. The van der Waals surface area contributed by atoms with Crippen molar-refractivity contribution in [1.29, 1.82) is 0 Å². The predicted octanol–water partition coefficient (Wildman–Crippen LogP) is 0.677.